The van der Waals surface area contributed by atoms with E-state index in [-0.39, 0.29) is 11.0 Å². The molecule has 0 aromatic heterocycles. The van der Waals surface area contributed by atoms with Crippen LogP contribution in [0.15, 0.2) is 12.1 Å². The molecule has 116 valence electrons. The van der Waals surface area contributed by atoms with Crippen LogP contribution in [0.5, 0.6) is 11.5 Å². The number of benzene rings is 1. The number of nitrogens with one attached hydrogen (secondary N) is 1. The molecule has 4 atom stereocenters. The van der Waals surface area contributed by atoms with Crippen molar-refractivity contribution in [3.8, 4) is 11.5 Å². The molecule has 3 fully saturated rings. The lowest BCUT2D eigenvalue weighted by Gasteiger charge is -2.61. The molecule has 1 spiro atoms. The monoisotopic (exact) mass is 298 g/mol. The fourth-order valence-corrected chi connectivity index (χ4v) is 6.43. The molecule has 0 radical (unpaired) electrons. The van der Waals surface area contributed by atoms with E-state index in [1.54, 1.807) is 0 Å². The number of hydrogen-bond acceptors (Lipinski definition) is 4. The predicted molar refractivity (Wildman–Crippen MR) is 82.3 cm³/mol. The van der Waals surface area contributed by atoms with E-state index in [1.807, 2.05) is 0 Å². The molecule has 4 heteroatoms. The van der Waals surface area contributed by atoms with Gasteiger partial charge >= 0.3 is 0 Å². The molecule has 1 aromatic carbocycles. The van der Waals surface area contributed by atoms with Gasteiger partial charge in [0.15, 0.2) is 11.5 Å². The number of fused-ring (bicyclic) bond motifs is 3. The highest BCUT2D eigenvalue weighted by molar-refractivity contribution is 5.60. The molecule has 3 heterocycles. The van der Waals surface area contributed by atoms with E-state index in [9.17, 15) is 0 Å². The van der Waals surface area contributed by atoms with Crippen molar-refractivity contribution in [3.05, 3.63) is 23.3 Å². The minimum Gasteiger partial charge on any atom is -0.454 e. The van der Waals surface area contributed by atoms with E-state index in [0.717, 1.165) is 18.2 Å². The second kappa shape index (κ2) is 3.80. The molecule has 2 saturated heterocycles. The summed E-state index contributed by atoms with van der Waals surface area (Å²) < 4.78 is 11.7. The van der Waals surface area contributed by atoms with E-state index in [2.05, 4.69) is 22.3 Å². The summed E-state index contributed by atoms with van der Waals surface area (Å²) in [6.07, 6.45) is 7.76. The predicted octanol–water partition coefficient (Wildman–Crippen LogP) is 2.16. The molecule has 22 heavy (non-hydrogen) atoms. The maximum atomic E-state index is 5.97. The van der Waals surface area contributed by atoms with Crippen molar-refractivity contribution < 1.29 is 9.47 Å². The van der Waals surface area contributed by atoms with E-state index < -0.39 is 0 Å². The van der Waals surface area contributed by atoms with Gasteiger partial charge in [-0.25, -0.2) is 0 Å². The van der Waals surface area contributed by atoms with E-state index in [0.29, 0.717) is 12.8 Å². The van der Waals surface area contributed by atoms with Gasteiger partial charge in [0, 0.05) is 35.8 Å². The molecule has 2 aliphatic carbocycles. The quantitative estimate of drug-likeness (QED) is 0.796. The van der Waals surface area contributed by atoms with Gasteiger partial charge in [0.05, 0.1) is 0 Å². The number of ether oxygens (including phenoxy) is 2. The lowest BCUT2D eigenvalue weighted by molar-refractivity contribution is 0.0107. The average molecular weight is 298 g/mol. The molecule has 4 bridgehead atoms. The van der Waals surface area contributed by atoms with Gasteiger partial charge in [-0.15, -0.1) is 0 Å². The minimum absolute atomic E-state index is 0.259. The van der Waals surface area contributed by atoms with E-state index in [4.69, 9.17) is 9.47 Å². The lowest BCUT2D eigenvalue weighted by Crippen LogP contribution is -2.71. The Bertz CT molecular complexity index is 671. The lowest BCUT2D eigenvalue weighted by atomic mass is 9.48. The van der Waals surface area contributed by atoms with Crippen LogP contribution in [0.3, 0.4) is 0 Å². The number of hydrogen-bond donors (Lipinski definition) is 1. The first kappa shape index (κ1) is 12.2. The Hall–Kier alpha value is -1.26. The summed E-state index contributed by atoms with van der Waals surface area (Å²) in [7, 11) is 0. The summed E-state index contributed by atoms with van der Waals surface area (Å²) in [5, 5.41) is 3.99. The Labute approximate surface area is 130 Å². The Morgan fingerprint density at radius 2 is 2.09 bits per heavy atom. The van der Waals surface area contributed by atoms with Gasteiger partial charge in [0.2, 0.25) is 6.79 Å². The summed E-state index contributed by atoms with van der Waals surface area (Å²) in [5.41, 5.74) is 3.56. The molecule has 1 N–H and O–H groups in total. The second-order valence-electron chi connectivity index (χ2n) is 7.71. The van der Waals surface area contributed by atoms with Gasteiger partial charge in [-0.3, -0.25) is 10.2 Å². The zero-order valence-electron chi connectivity index (χ0n) is 12.9. The van der Waals surface area contributed by atoms with E-state index in [1.165, 1.54) is 56.2 Å². The Morgan fingerprint density at radius 3 is 3.09 bits per heavy atom. The molecule has 5 aliphatic rings. The van der Waals surface area contributed by atoms with Gasteiger partial charge < -0.3 is 9.47 Å². The Kier molecular flexibility index (Phi) is 2.10. The van der Waals surface area contributed by atoms with Gasteiger partial charge in [-0.05, 0) is 37.3 Å². The standard InChI is InChI=1S/C18H22N2O2/c1-2-6-18-14-9-12-3-4-13-16(22-11-21-13)15(12)17(18,5-1)7-8-20(14)10-19-18/h3-4,14,19H,1-2,5-11H2/t14-,17+,18-/m0/s1. The van der Waals surface area contributed by atoms with Crippen LogP contribution < -0.4 is 14.8 Å². The van der Waals surface area contributed by atoms with E-state index >= 15 is 0 Å². The molecule has 1 saturated carbocycles. The highest BCUT2D eigenvalue weighted by atomic mass is 16.7. The summed E-state index contributed by atoms with van der Waals surface area (Å²) in [5.74, 6) is 2.03. The summed E-state index contributed by atoms with van der Waals surface area (Å²) in [4.78, 5) is 2.69. The molecular weight excluding hydrogens is 276 g/mol. The van der Waals surface area contributed by atoms with Crippen LogP contribution >= 0.6 is 0 Å². The van der Waals surface area contributed by atoms with Gasteiger partial charge in [0.25, 0.3) is 0 Å². The third kappa shape index (κ3) is 1.15. The minimum atomic E-state index is 0.259. The van der Waals surface area contributed by atoms with Gasteiger partial charge in [-0.2, -0.15) is 0 Å². The SMILES string of the molecule is c1cc2c(c3c1C[C@@H]1N4CC[C@]35CCCC[C@]15NC4)OCO2. The van der Waals surface area contributed by atoms with Crippen molar-refractivity contribution in [2.24, 2.45) is 0 Å². The number of piperidine rings is 1. The second-order valence-corrected chi connectivity index (χ2v) is 7.71. The molecule has 1 unspecified atom stereocenters. The van der Waals surface area contributed by atoms with Crippen molar-refractivity contribution in [3.63, 3.8) is 0 Å². The molecule has 6 rings (SSSR count). The van der Waals surface area contributed by atoms with Crippen molar-refractivity contribution in [2.75, 3.05) is 20.0 Å². The zero-order chi connectivity index (χ0) is 14.4. The summed E-state index contributed by atoms with van der Waals surface area (Å²) >= 11 is 0. The topological polar surface area (TPSA) is 33.7 Å². The largest absolute Gasteiger partial charge is 0.454 e. The third-order valence-electron chi connectivity index (χ3n) is 7.23. The maximum Gasteiger partial charge on any atom is 0.231 e. The highest BCUT2D eigenvalue weighted by Crippen LogP contribution is 2.63. The molecule has 4 nitrogen and oxygen atoms in total. The first-order valence-electron chi connectivity index (χ1n) is 8.75. The van der Waals surface area contributed by atoms with Crippen LogP contribution in [-0.4, -0.2) is 36.5 Å². The third-order valence-corrected chi connectivity index (χ3v) is 7.23. The highest BCUT2D eigenvalue weighted by Gasteiger charge is 2.67. The smallest absolute Gasteiger partial charge is 0.231 e. The first-order chi connectivity index (χ1) is 10.8. The Balaban J connectivity index is 1.68. The van der Waals surface area contributed by atoms with Crippen molar-refractivity contribution in [2.45, 2.75) is 55.5 Å². The van der Waals surface area contributed by atoms with Crippen molar-refractivity contribution in [1.29, 1.82) is 0 Å². The Morgan fingerprint density at radius 1 is 1.14 bits per heavy atom. The van der Waals surface area contributed by atoms with Crippen LogP contribution in [0.25, 0.3) is 0 Å². The van der Waals surface area contributed by atoms with Crippen LogP contribution in [0.4, 0.5) is 0 Å². The molecule has 0 amide bonds. The summed E-state index contributed by atoms with van der Waals surface area (Å²) in [6, 6.07) is 5.11. The average Bonchev–Trinajstić information content (AvgIpc) is 3.09. The van der Waals surface area contributed by atoms with Crippen molar-refractivity contribution in [1.82, 2.24) is 10.2 Å². The van der Waals surface area contributed by atoms with Crippen molar-refractivity contribution >= 4 is 0 Å². The van der Waals surface area contributed by atoms with Crippen LogP contribution in [0, 0.1) is 0 Å². The molecule has 3 aliphatic heterocycles. The van der Waals surface area contributed by atoms with Gasteiger partial charge in [-0.1, -0.05) is 18.9 Å². The van der Waals surface area contributed by atoms with Crippen LogP contribution in [0.1, 0.15) is 43.2 Å². The molecule has 1 aromatic rings. The fourth-order valence-electron chi connectivity index (χ4n) is 6.43. The normalized spacial score (nSPS) is 43.6. The van der Waals surface area contributed by atoms with Crippen LogP contribution in [0.2, 0.25) is 0 Å². The number of rotatable bonds is 0. The number of nitrogens with zero attached hydrogens (tertiary/aromatic N) is 1. The zero-order valence-corrected chi connectivity index (χ0v) is 12.9. The van der Waals surface area contributed by atoms with Crippen LogP contribution in [-0.2, 0) is 11.8 Å². The molecular formula is C18H22N2O2. The maximum absolute atomic E-state index is 5.97. The first-order valence-corrected chi connectivity index (χ1v) is 8.75. The van der Waals surface area contributed by atoms with Gasteiger partial charge in [0.1, 0.15) is 0 Å². The fraction of sp³-hybridized carbons (Fsp3) is 0.667. The summed E-state index contributed by atoms with van der Waals surface area (Å²) in [6.45, 7) is 2.68.